The second kappa shape index (κ2) is 7.22. The van der Waals surface area contributed by atoms with E-state index in [1.54, 1.807) is 48.5 Å². The Kier molecular flexibility index (Phi) is 5.00. The summed E-state index contributed by atoms with van der Waals surface area (Å²) in [7, 11) is 0. The van der Waals surface area contributed by atoms with Crippen LogP contribution in [0.3, 0.4) is 0 Å². The summed E-state index contributed by atoms with van der Waals surface area (Å²) < 4.78 is 5.60. The first kappa shape index (κ1) is 18.0. The van der Waals surface area contributed by atoms with Crippen molar-refractivity contribution >= 4 is 34.7 Å². The Morgan fingerprint density at radius 1 is 1.00 bits per heavy atom. The van der Waals surface area contributed by atoms with Crippen molar-refractivity contribution in [2.24, 2.45) is 5.92 Å². The number of anilines is 1. The molecule has 0 unspecified atom stereocenters. The van der Waals surface area contributed by atoms with Gasteiger partial charge >= 0.3 is 5.91 Å². The number of halogens is 1. The van der Waals surface area contributed by atoms with Crippen LogP contribution < -0.4 is 9.64 Å². The van der Waals surface area contributed by atoms with Crippen molar-refractivity contribution in [1.82, 2.24) is 0 Å². The zero-order chi connectivity index (χ0) is 18.8. The van der Waals surface area contributed by atoms with Gasteiger partial charge in [0.05, 0.1) is 17.9 Å². The summed E-state index contributed by atoms with van der Waals surface area (Å²) in [6.45, 7) is 4.66. The summed E-state index contributed by atoms with van der Waals surface area (Å²) >= 11 is 5.85. The van der Waals surface area contributed by atoms with Crippen LogP contribution in [0.2, 0.25) is 5.02 Å². The minimum Gasteiger partial charge on any atom is -0.502 e. The Labute approximate surface area is 156 Å². The first-order valence-corrected chi connectivity index (χ1v) is 8.57. The van der Waals surface area contributed by atoms with Gasteiger partial charge in [0.2, 0.25) is 0 Å². The van der Waals surface area contributed by atoms with Gasteiger partial charge in [0.15, 0.2) is 5.76 Å². The molecule has 1 aliphatic rings. The standard InChI is InChI=1S/C20H18ClNO4/c1-12(2)11-26-16-9-7-15(8-10-16)22-19(24)17(18(23)20(22)25)13-3-5-14(21)6-4-13/h3-10,12,23H,11H2,1-2H3. The molecule has 0 atom stereocenters. The van der Waals surface area contributed by atoms with E-state index in [1.807, 2.05) is 13.8 Å². The van der Waals surface area contributed by atoms with E-state index < -0.39 is 17.6 Å². The van der Waals surface area contributed by atoms with Gasteiger partial charge in [-0.05, 0) is 47.9 Å². The third-order valence-corrected chi connectivity index (χ3v) is 4.12. The molecule has 2 aromatic carbocycles. The van der Waals surface area contributed by atoms with Crippen LogP contribution in [0.5, 0.6) is 5.75 Å². The monoisotopic (exact) mass is 371 g/mol. The SMILES string of the molecule is CC(C)COc1ccc(N2C(=O)C(O)=C(c3ccc(Cl)cc3)C2=O)cc1. The molecule has 1 heterocycles. The summed E-state index contributed by atoms with van der Waals surface area (Å²) in [5.74, 6) is -0.866. The number of nitrogens with zero attached hydrogens (tertiary/aromatic N) is 1. The fourth-order valence-electron chi connectivity index (χ4n) is 2.58. The van der Waals surface area contributed by atoms with E-state index in [9.17, 15) is 14.7 Å². The highest BCUT2D eigenvalue weighted by Gasteiger charge is 2.40. The molecule has 134 valence electrons. The van der Waals surface area contributed by atoms with Gasteiger partial charge in [-0.25, -0.2) is 4.90 Å². The van der Waals surface area contributed by atoms with E-state index in [0.717, 1.165) is 4.90 Å². The molecule has 0 saturated heterocycles. The lowest BCUT2D eigenvalue weighted by molar-refractivity contribution is -0.121. The van der Waals surface area contributed by atoms with E-state index in [2.05, 4.69) is 0 Å². The van der Waals surface area contributed by atoms with Crippen molar-refractivity contribution in [2.45, 2.75) is 13.8 Å². The van der Waals surface area contributed by atoms with E-state index in [-0.39, 0.29) is 5.57 Å². The van der Waals surface area contributed by atoms with Gasteiger partial charge in [-0.3, -0.25) is 9.59 Å². The number of hydrogen-bond donors (Lipinski definition) is 1. The predicted molar refractivity (Wildman–Crippen MR) is 100 cm³/mol. The number of benzene rings is 2. The molecule has 0 spiro atoms. The normalized spacial score (nSPS) is 14.5. The van der Waals surface area contributed by atoms with Gasteiger partial charge in [0.25, 0.3) is 5.91 Å². The van der Waals surface area contributed by atoms with Crippen molar-refractivity contribution in [3.63, 3.8) is 0 Å². The van der Waals surface area contributed by atoms with E-state index in [4.69, 9.17) is 16.3 Å². The number of hydrogen-bond acceptors (Lipinski definition) is 4. The zero-order valence-corrected chi connectivity index (χ0v) is 15.2. The summed E-state index contributed by atoms with van der Waals surface area (Å²) in [5, 5.41) is 10.7. The van der Waals surface area contributed by atoms with Crippen LogP contribution in [0.25, 0.3) is 5.57 Å². The lowest BCUT2D eigenvalue weighted by atomic mass is 10.1. The molecule has 6 heteroatoms. The van der Waals surface area contributed by atoms with Crippen LogP contribution in [-0.4, -0.2) is 23.5 Å². The maximum atomic E-state index is 12.7. The lowest BCUT2D eigenvalue weighted by Crippen LogP contribution is -2.31. The maximum absolute atomic E-state index is 12.7. The van der Waals surface area contributed by atoms with Crippen molar-refractivity contribution in [3.8, 4) is 5.75 Å². The largest absolute Gasteiger partial charge is 0.502 e. The Morgan fingerprint density at radius 2 is 1.62 bits per heavy atom. The third-order valence-electron chi connectivity index (χ3n) is 3.87. The molecule has 0 bridgehead atoms. The van der Waals surface area contributed by atoms with Crippen LogP contribution in [0.15, 0.2) is 54.3 Å². The lowest BCUT2D eigenvalue weighted by Gasteiger charge is -2.15. The highest BCUT2D eigenvalue weighted by Crippen LogP contribution is 2.33. The van der Waals surface area contributed by atoms with Crippen LogP contribution in [0.4, 0.5) is 5.69 Å². The van der Waals surface area contributed by atoms with Crippen molar-refractivity contribution in [3.05, 3.63) is 64.9 Å². The molecular weight excluding hydrogens is 354 g/mol. The van der Waals surface area contributed by atoms with Crippen LogP contribution in [0, 0.1) is 5.92 Å². The molecule has 0 fully saturated rings. The van der Waals surface area contributed by atoms with E-state index in [1.165, 1.54) is 0 Å². The van der Waals surface area contributed by atoms with E-state index >= 15 is 0 Å². The number of amides is 2. The van der Waals surface area contributed by atoms with Crippen LogP contribution >= 0.6 is 11.6 Å². The highest BCUT2D eigenvalue weighted by atomic mass is 35.5. The average molecular weight is 372 g/mol. The number of carbonyl (C=O) groups is 2. The molecule has 1 N–H and O–H groups in total. The van der Waals surface area contributed by atoms with Crippen molar-refractivity contribution < 1.29 is 19.4 Å². The summed E-state index contributed by atoms with van der Waals surface area (Å²) in [6.07, 6.45) is 0. The summed E-state index contributed by atoms with van der Waals surface area (Å²) in [4.78, 5) is 26.1. The summed E-state index contributed by atoms with van der Waals surface area (Å²) in [6, 6.07) is 13.0. The number of imide groups is 1. The number of ether oxygens (including phenoxy) is 1. The Balaban J connectivity index is 1.85. The number of aliphatic hydroxyl groups excluding tert-OH is 1. The molecule has 2 aromatic rings. The average Bonchev–Trinajstić information content (AvgIpc) is 2.84. The van der Waals surface area contributed by atoms with Gasteiger partial charge in [-0.2, -0.15) is 0 Å². The molecular formula is C20H18ClNO4. The number of carbonyl (C=O) groups excluding carboxylic acids is 2. The Hall–Kier alpha value is -2.79. The molecule has 2 amide bonds. The fourth-order valence-corrected chi connectivity index (χ4v) is 2.71. The zero-order valence-electron chi connectivity index (χ0n) is 14.4. The fraction of sp³-hybridized carbons (Fsp3) is 0.200. The minimum absolute atomic E-state index is 0.0354. The molecule has 26 heavy (non-hydrogen) atoms. The molecule has 5 nitrogen and oxygen atoms in total. The Morgan fingerprint density at radius 3 is 2.19 bits per heavy atom. The second-order valence-electron chi connectivity index (χ2n) is 6.37. The third kappa shape index (κ3) is 3.44. The molecule has 0 saturated carbocycles. The number of rotatable bonds is 5. The first-order valence-electron chi connectivity index (χ1n) is 8.19. The van der Waals surface area contributed by atoms with Gasteiger partial charge in [0, 0.05) is 5.02 Å². The van der Waals surface area contributed by atoms with Crippen molar-refractivity contribution in [1.29, 1.82) is 0 Å². The minimum atomic E-state index is -0.754. The van der Waals surface area contributed by atoms with Crippen LogP contribution in [0.1, 0.15) is 19.4 Å². The smallest absolute Gasteiger partial charge is 0.301 e. The second-order valence-corrected chi connectivity index (χ2v) is 6.81. The topological polar surface area (TPSA) is 66.8 Å². The quantitative estimate of drug-likeness (QED) is 0.799. The van der Waals surface area contributed by atoms with Gasteiger partial charge in [-0.1, -0.05) is 37.6 Å². The predicted octanol–water partition coefficient (Wildman–Crippen LogP) is 4.22. The summed E-state index contributed by atoms with van der Waals surface area (Å²) in [5.41, 5.74) is 0.767. The molecule has 0 aliphatic carbocycles. The number of aliphatic hydroxyl groups is 1. The molecule has 1 aliphatic heterocycles. The highest BCUT2D eigenvalue weighted by molar-refractivity contribution is 6.45. The van der Waals surface area contributed by atoms with Crippen LogP contribution in [-0.2, 0) is 9.59 Å². The first-order chi connectivity index (χ1) is 12.4. The van der Waals surface area contributed by atoms with Gasteiger partial charge < -0.3 is 9.84 Å². The van der Waals surface area contributed by atoms with E-state index in [0.29, 0.717) is 34.5 Å². The molecule has 3 rings (SSSR count). The van der Waals surface area contributed by atoms with Gasteiger partial charge in [-0.15, -0.1) is 0 Å². The van der Waals surface area contributed by atoms with Crippen molar-refractivity contribution in [2.75, 3.05) is 11.5 Å². The van der Waals surface area contributed by atoms with Gasteiger partial charge in [0.1, 0.15) is 5.75 Å². The maximum Gasteiger partial charge on any atom is 0.301 e. The molecule has 0 aromatic heterocycles. The molecule has 0 radical (unpaired) electrons. The Bertz CT molecular complexity index is 870.